The average molecular weight is 347 g/mol. The Balaban J connectivity index is 2.47. The van der Waals surface area contributed by atoms with Crippen molar-refractivity contribution in [2.45, 2.75) is 18.4 Å². The molecule has 0 aliphatic rings. The topological polar surface area (TPSA) is 79.3 Å². The standard InChI is InChI=1S/C13H12Cl2N2O3S/c1-8-6-16-3-2-12(8)17-21(19,20)13-4-9(7-18)10(14)5-11(13)15/h2-6,18H,7H2,1H3,(H,16,17). The number of aliphatic hydroxyl groups excluding tert-OH is 1. The summed E-state index contributed by atoms with van der Waals surface area (Å²) < 4.78 is 27.3. The van der Waals surface area contributed by atoms with Crippen LogP contribution in [0.3, 0.4) is 0 Å². The molecule has 0 atom stereocenters. The molecule has 1 aromatic carbocycles. The summed E-state index contributed by atoms with van der Waals surface area (Å²) in [6.07, 6.45) is 3.02. The van der Waals surface area contributed by atoms with Crippen LogP contribution in [0.25, 0.3) is 0 Å². The van der Waals surface area contributed by atoms with E-state index in [0.717, 1.165) is 0 Å². The lowest BCUT2D eigenvalue weighted by molar-refractivity contribution is 0.281. The Morgan fingerprint density at radius 2 is 2.00 bits per heavy atom. The smallest absolute Gasteiger partial charge is 0.263 e. The highest BCUT2D eigenvalue weighted by Crippen LogP contribution is 2.30. The third kappa shape index (κ3) is 3.47. The Hall–Kier alpha value is -1.34. The van der Waals surface area contributed by atoms with E-state index >= 15 is 0 Å². The molecule has 112 valence electrons. The zero-order valence-corrected chi connectivity index (χ0v) is 13.3. The predicted octanol–water partition coefficient (Wildman–Crippen LogP) is 2.99. The van der Waals surface area contributed by atoms with Crippen molar-refractivity contribution in [1.29, 1.82) is 0 Å². The number of hydrogen-bond acceptors (Lipinski definition) is 4. The molecule has 21 heavy (non-hydrogen) atoms. The lowest BCUT2D eigenvalue weighted by Gasteiger charge is -2.12. The van der Waals surface area contributed by atoms with E-state index in [4.69, 9.17) is 23.2 Å². The second kappa shape index (κ2) is 6.19. The fourth-order valence-corrected chi connectivity index (χ4v) is 3.68. The molecule has 0 spiro atoms. The molecule has 0 radical (unpaired) electrons. The summed E-state index contributed by atoms with van der Waals surface area (Å²) in [5, 5.41) is 9.37. The van der Waals surface area contributed by atoms with Gasteiger partial charge in [0.05, 0.1) is 17.3 Å². The minimum Gasteiger partial charge on any atom is -0.392 e. The number of pyridine rings is 1. The molecule has 0 aliphatic carbocycles. The van der Waals surface area contributed by atoms with Gasteiger partial charge < -0.3 is 5.11 Å². The van der Waals surface area contributed by atoms with E-state index in [9.17, 15) is 13.5 Å². The van der Waals surface area contributed by atoms with E-state index < -0.39 is 10.0 Å². The van der Waals surface area contributed by atoms with Gasteiger partial charge in [-0.25, -0.2) is 8.42 Å². The Kier molecular flexibility index (Phi) is 4.73. The molecule has 0 bridgehead atoms. The number of anilines is 1. The molecule has 1 heterocycles. The molecule has 2 N–H and O–H groups in total. The minimum atomic E-state index is -3.90. The minimum absolute atomic E-state index is 0.0172. The highest BCUT2D eigenvalue weighted by Gasteiger charge is 2.21. The van der Waals surface area contributed by atoms with Crippen molar-refractivity contribution >= 4 is 38.9 Å². The third-order valence-corrected chi connectivity index (χ3v) is 5.01. The molecule has 2 aromatic rings. The summed E-state index contributed by atoms with van der Waals surface area (Å²) in [7, 11) is -3.90. The van der Waals surface area contributed by atoms with Crippen LogP contribution in [0.2, 0.25) is 10.0 Å². The molecule has 0 saturated carbocycles. The molecule has 0 saturated heterocycles. The van der Waals surface area contributed by atoms with Gasteiger partial charge in [-0.2, -0.15) is 0 Å². The maximum Gasteiger partial charge on any atom is 0.263 e. The number of aromatic nitrogens is 1. The maximum atomic E-state index is 12.4. The second-order valence-corrected chi connectivity index (χ2v) is 6.79. The molecule has 1 aromatic heterocycles. The first-order valence-corrected chi connectivity index (χ1v) is 8.11. The van der Waals surface area contributed by atoms with E-state index in [1.807, 2.05) is 0 Å². The largest absolute Gasteiger partial charge is 0.392 e. The summed E-state index contributed by atoms with van der Waals surface area (Å²) in [6, 6.07) is 4.09. The summed E-state index contributed by atoms with van der Waals surface area (Å²) in [4.78, 5) is 3.75. The van der Waals surface area contributed by atoms with Gasteiger partial charge in [-0.05, 0) is 36.2 Å². The lowest BCUT2D eigenvalue weighted by Crippen LogP contribution is -2.15. The molecule has 2 rings (SSSR count). The van der Waals surface area contributed by atoms with Gasteiger partial charge in [0.15, 0.2) is 0 Å². The first-order chi connectivity index (χ1) is 9.85. The van der Waals surface area contributed by atoms with Gasteiger partial charge in [0.1, 0.15) is 4.90 Å². The number of halogens is 2. The van der Waals surface area contributed by atoms with Crippen molar-refractivity contribution < 1.29 is 13.5 Å². The molecule has 5 nitrogen and oxygen atoms in total. The van der Waals surface area contributed by atoms with Crippen molar-refractivity contribution in [2.75, 3.05) is 4.72 Å². The second-order valence-electron chi connectivity index (χ2n) is 4.33. The van der Waals surface area contributed by atoms with Crippen LogP contribution in [0, 0.1) is 6.92 Å². The number of aryl methyl sites for hydroxylation is 1. The number of benzene rings is 1. The van der Waals surface area contributed by atoms with Crippen LogP contribution >= 0.6 is 23.2 Å². The van der Waals surface area contributed by atoms with Crippen LogP contribution < -0.4 is 4.72 Å². The Bertz CT molecular complexity index is 779. The van der Waals surface area contributed by atoms with Crippen molar-refractivity contribution in [2.24, 2.45) is 0 Å². The van der Waals surface area contributed by atoms with Crippen molar-refractivity contribution in [3.05, 3.63) is 51.8 Å². The normalized spacial score (nSPS) is 11.4. The van der Waals surface area contributed by atoms with Crippen molar-refractivity contribution in [3.63, 3.8) is 0 Å². The van der Waals surface area contributed by atoms with Crippen molar-refractivity contribution in [3.8, 4) is 0 Å². The van der Waals surface area contributed by atoms with Crippen molar-refractivity contribution in [1.82, 2.24) is 4.98 Å². The summed E-state index contributed by atoms with van der Waals surface area (Å²) in [5.74, 6) is 0. The number of hydrogen-bond donors (Lipinski definition) is 2. The van der Waals surface area contributed by atoms with Gasteiger partial charge >= 0.3 is 0 Å². The SMILES string of the molecule is Cc1cnccc1NS(=O)(=O)c1cc(CO)c(Cl)cc1Cl. The molecule has 0 unspecified atom stereocenters. The Morgan fingerprint density at radius 3 is 2.62 bits per heavy atom. The lowest BCUT2D eigenvalue weighted by atomic mass is 10.2. The zero-order chi connectivity index (χ0) is 15.6. The highest BCUT2D eigenvalue weighted by molar-refractivity contribution is 7.92. The Labute approximate surface area is 132 Å². The molecule has 8 heteroatoms. The van der Waals surface area contributed by atoms with Gasteiger partial charge in [0.25, 0.3) is 10.0 Å². The molecule has 0 amide bonds. The van der Waals surface area contributed by atoms with Crippen LogP contribution in [0.1, 0.15) is 11.1 Å². The quantitative estimate of drug-likeness (QED) is 0.891. The number of aliphatic hydroxyl groups is 1. The number of nitrogens with zero attached hydrogens (tertiary/aromatic N) is 1. The molecule has 0 aliphatic heterocycles. The van der Waals surface area contributed by atoms with Crippen LogP contribution in [0.4, 0.5) is 5.69 Å². The summed E-state index contributed by atoms with van der Waals surface area (Å²) in [5.41, 5.74) is 1.36. The van der Waals surface area contributed by atoms with E-state index in [1.54, 1.807) is 19.2 Å². The summed E-state index contributed by atoms with van der Waals surface area (Å²) in [6.45, 7) is 1.35. The number of nitrogens with one attached hydrogen (secondary N) is 1. The van der Waals surface area contributed by atoms with Gasteiger partial charge in [0.2, 0.25) is 0 Å². The first kappa shape index (κ1) is 16.0. The average Bonchev–Trinajstić information content (AvgIpc) is 2.41. The van der Waals surface area contributed by atoms with E-state index in [2.05, 4.69) is 9.71 Å². The highest BCUT2D eigenvalue weighted by atomic mass is 35.5. The van der Waals surface area contributed by atoms with E-state index in [-0.39, 0.29) is 27.1 Å². The van der Waals surface area contributed by atoms with Gasteiger partial charge in [0, 0.05) is 17.4 Å². The van der Waals surface area contributed by atoms with Gasteiger partial charge in [-0.3, -0.25) is 9.71 Å². The molecule has 0 fully saturated rings. The predicted molar refractivity (Wildman–Crippen MR) is 82.2 cm³/mol. The molecular weight excluding hydrogens is 335 g/mol. The van der Waals surface area contributed by atoms with Crippen LogP contribution in [-0.2, 0) is 16.6 Å². The molecular formula is C13H12Cl2N2O3S. The zero-order valence-electron chi connectivity index (χ0n) is 11.0. The summed E-state index contributed by atoms with van der Waals surface area (Å²) >= 11 is 11.8. The fraction of sp³-hybridized carbons (Fsp3) is 0.154. The Morgan fingerprint density at radius 1 is 1.29 bits per heavy atom. The monoisotopic (exact) mass is 346 g/mol. The van der Waals surface area contributed by atoms with E-state index in [0.29, 0.717) is 11.3 Å². The first-order valence-electron chi connectivity index (χ1n) is 5.87. The maximum absolute atomic E-state index is 12.4. The number of sulfonamides is 1. The van der Waals surface area contributed by atoms with Crippen LogP contribution in [-0.4, -0.2) is 18.5 Å². The van der Waals surface area contributed by atoms with E-state index in [1.165, 1.54) is 18.3 Å². The number of rotatable bonds is 4. The van der Waals surface area contributed by atoms with Gasteiger partial charge in [-0.1, -0.05) is 23.2 Å². The third-order valence-electron chi connectivity index (χ3n) is 2.83. The fourth-order valence-electron chi connectivity index (χ4n) is 1.69. The van der Waals surface area contributed by atoms with Crippen LogP contribution in [0.15, 0.2) is 35.5 Å². The van der Waals surface area contributed by atoms with Crippen LogP contribution in [0.5, 0.6) is 0 Å². The van der Waals surface area contributed by atoms with Gasteiger partial charge in [-0.15, -0.1) is 0 Å².